The molecule has 2 aromatic heterocycles. The largest absolute Gasteiger partial charge is 0.365 e. The Labute approximate surface area is 155 Å². The van der Waals surface area contributed by atoms with Crippen LogP contribution in [-0.4, -0.2) is 25.7 Å². The first-order valence-electron chi connectivity index (χ1n) is 7.84. The van der Waals surface area contributed by atoms with Crippen LogP contribution in [0.2, 0.25) is 5.02 Å². The van der Waals surface area contributed by atoms with Crippen LogP contribution in [0.1, 0.15) is 21.5 Å². The molecule has 26 heavy (non-hydrogen) atoms. The van der Waals surface area contributed by atoms with Crippen molar-refractivity contribution in [2.45, 2.75) is 13.5 Å². The molecule has 134 valence electrons. The van der Waals surface area contributed by atoms with Crippen LogP contribution in [0.5, 0.6) is 0 Å². The number of carbonyl (C=O) groups excluding carboxylic acids is 1. The number of halogens is 1. The Morgan fingerprint density at radius 2 is 2.15 bits per heavy atom. The van der Waals surface area contributed by atoms with Gasteiger partial charge in [0, 0.05) is 31.0 Å². The molecule has 8 nitrogen and oxygen atoms in total. The van der Waals surface area contributed by atoms with E-state index >= 15 is 0 Å². The molecule has 9 heteroatoms. The highest BCUT2D eigenvalue weighted by Gasteiger charge is 2.13. The second kappa shape index (κ2) is 7.40. The van der Waals surface area contributed by atoms with Crippen molar-refractivity contribution < 1.29 is 4.79 Å². The quantitative estimate of drug-likeness (QED) is 0.614. The van der Waals surface area contributed by atoms with Gasteiger partial charge in [-0.05, 0) is 30.2 Å². The Hall–Kier alpha value is -3.13. The van der Waals surface area contributed by atoms with Crippen molar-refractivity contribution in [2.75, 3.05) is 10.6 Å². The van der Waals surface area contributed by atoms with Crippen molar-refractivity contribution >= 4 is 35.0 Å². The van der Waals surface area contributed by atoms with Gasteiger partial charge in [-0.2, -0.15) is 10.1 Å². The summed E-state index contributed by atoms with van der Waals surface area (Å²) in [5, 5.41) is 10.9. The summed E-state index contributed by atoms with van der Waals surface area (Å²) in [6.45, 7) is 2.42. The van der Waals surface area contributed by atoms with Crippen LogP contribution in [0.4, 0.5) is 17.5 Å². The number of aryl methyl sites for hydroxylation is 2. The van der Waals surface area contributed by atoms with Crippen molar-refractivity contribution in [2.24, 2.45) is 12.8 Å². The Kier molecular flexibility index (Phi) is 5.04. The number of nitrogens with two attached hydrogens (primary N) is 1. The van der Waals surface area contributed by atoms with E-state index in [0.29, 0.717) is 23.3 Å². The van der Waals surface area contributed by atoms with Gasteiger partial charge in [0.25, 0.3) is 5.91 Å². The molecule has 1 amide bonds. The predicted molar refractivity (Wildman–Crippen MR) is 101 cm³/mol. The van der Waals surface area contributed by atoms with Crippen LogP contribution in [0.25, 0.3) is 0 Å². The summed E-state index contributed by atoms with van der Waals surface area (Å²) in [5.41, 5.74) is 8.44. The van der Waals surface area contributed by atoms with Gasteiger partial charge in [-0.1, -0.05) is 17.7 Å². The number of aromatic nitrogens is 4. The average Bonchev–Trinajstić information content (AvgIpc) is 3.00. The third kappa shape index (κ3) is 4.09. The number of primary amides is 1. The molecule has 0 fully saturated rings. The summed E-state index contributed by atoms with van der Waals surface area (Å²) in [6, 6.07) is 5.63. The van der Waals surface area contributed by atoms with E-state index in [-0.39, 0.29) is 5.56 Å². The van der Waals surface area contributed by atoms with Gasteiger partial charge < -0.3 is 16.4 Å². The zero-order valence-electron chi connectivity index (χ0n) is 14.3. The van der Waals surface area contributed by atoms with Gasteiger partial charge >= 0.3 is 0 Å². The molecule has 2 heterocycles. The Morgan fingerprint density at radius 1 is 1.35 bits per heavy atom. The number of anilines is 3. The Bertz CT molecular complexity index is 954. The zero-order valence-corrected chi connectivity index (χ0v) is 15.1. The summed E-state index contributed by atoms with van der Waals surface area (Å²) in [6.07, 6.45) is 4.82. The molecular formula is C17H18ClN7O. The lowest BCUT2D eigenvalue weighted by atomic mass is 10.1. The second-order valence-corrected chi connectivity index (χ2v) is 6.21. The maximum Gasteiger partial charge on any atom is 0.254 e. The molecular weight excluding hydrogens is 354 g/mol. The van der Waals surface area contributed by atoms with Crippen molar-refractivity contribution in [1.29, 1.82) is 0 Å². The van der Waals surface area contributed by atoms with E-state index in [1.54, 1.807) is 17.1 Å². The van der Waals surface area contributed by atoms with Crippen LogP contribution in [0, 0.1) is 6.92 Å². The van der Waals surface area contributed by atoms with Gasteiger partial charge in [0.05, 0.1) is 17.4 Å². The Morgan fingerprint density at radius 3 is 2.85 bits per heavy atom. The van der Waals surface area contributed by atoms with Crippen molar-refractivity contribution in [3.63, 3.8) is 0 Å². The lowest BCUT2D eigenvalue weighted by molar-refractivity contribution is 0.100. The van der Waals surface area contributed by atoms with Crippen LogP contribution < -0.4 is 16.4 Å². The van der Waals surface area contributed by atoms with Crippen molar-refractivity contribution in [3.05, 3.63) is 58.5 Å². The van der Waals surface area contributed by atoms with Crippen LogP contribution in [0.15, 0.2) is 36.8 Å². The SMILES string of the molecule is Cc1ccc(Cl)cc1CNc1nc(Nc2cnn(C)c2)ncc1C(N)=O. The van der Waals surface area contributed by atoms with Crippen LogP contribution in [-0.2, 0) is 13.6 Å². The van der Waals surface area contributed by atoms with Gasteiger partial charge in [0.15, 0.2) is 0 Å². The van der Waals surface area contributed by atoms with Crippen molar-refractivity contribution in [3.8, 4) is 0 Å². The fourth-order valence-electron chi connectivity index (χ4n) is 2.38. The van der Waals surface area contributed by atoms with Crippen LogP contribution in [0.3, 0.4) is 0 Å². The normalized spacial score (nSPS) is 10.6. The lowest BCUT2D eigenvalue weighted by Gasteiger charge is -2.12. The van der Waals surface area contributed by atoms with Gasteiger partial charge in [-0.15, -0.1) is 0 Å². The topological polar surface area (TPSA) is 111 Å². The average molecular weight is 372 g/mol. The molecule has 0 aliphatic heterocycles. The number of amides is 1. The number of rotatable bonds is 6. The number of hydrogen-bond donors (Lipinski definition) is 3. The van der Waals surface area contributed by atoms with E-state index in [9.17, 15) is 4.79 Å². The minimum Gasteiger partial charge on any atom is -0.365 e. The molecule has 0 saturated heterocycles. The van der Waals surface area contributed by atoms with E-state index in [4.69, 9.17) is 17.3 Å². The van der Waals surface area contributed by atoms with Crippen molar-refractivity contribution in [1.82, 2.24) is 19.7 Å². The summed E-state index contributed by atoms with van der Waals surface area (Å²) >= 11 is 6.05. The van der Waals surface area contributed by atoms with E-state index in [0.717, 1.165) is 16.8 Å². The molecule has 0 unspecified atom stereocenters. The number of hydrogen-bond acceptors (Lipinski definition) is 6. The molecule has 3 aromatic rings. The summed E-state index contributed by atoms with van der Waals surface area (Å²) in [4.78, 5) is 20.2. The highest BCUT2D eigenvalue weighted by molar-refractivity contribution is 6.30. The standard InChI is InChI=1S/C17H18ClN7O/c1-10-3-4-12(18)5-11(10)6-20-16-14(15(19)26)8-21-17(24-16)23-13-7-22-25(2)9-13/h3-5,7-9H,6H2,1-2H3,(H2,19,26)(H2,20,21,23,24). The fraction of sp³-hybridized carbons (Fsp3) is 0.176. The summed E-state index contributed by atoms with van der Waals surface area (Å²) in [5.74, 6) is 0.0647. The summed E-state index contributed by atoms with van der Waals surface area (Å²) in [7, 11) is 1.81. The zero-order chi connectivity index (χ0) is 18.7. The lowest BCUT2D eigenvalue weighted by Crippen LogP contribution is -2.17. The van der Waals surface area contributed by atoms with E-state index < -0.39 is 5.91 Å². The third-order valence-electron chi connectivity index (χ3n) is 3.77. The number of nitrogens with zero attached hydrogens (tertiary/aromatic N) is 4. The first-order valence-corrected chi connectivity index (χ1v) is 8.21. The number of carbonyl (C=O) groups is 1. The molecule has 1 aromatic carbocycles. The first-order chi connectivity index (χ1) is 12.4. The minimum atomic E-state index is -0.608. The molecule has 0 bridgehead atoms. The second-order valence-electron chi connectivity index (χ2n) is 5.77. The van der Waals surface area contributed by atoms with Crippen LogP contribution >= 0.6 is 11.6 Å². The number of benzene rings is 1. The highest BCUT2D eigenvalue weighted by atomic mass is 35.5. The monoisotopic (exact) mass is 371 g/mol. The molecule has 0 radical (unpaired) electrons. The maximum absolute atomic E-state index is 11.7. The van der Waals surface area contributed by atoms with E-state index in [2.05, 4.69) is 25.7 Å². The number of nitrogens with one attached hydrogen (secondary N) is 2. The van der Waals surface area contributed by atoms with E-state index in [1.807, 2.05) is 32.2 Å². The Balaban J connectivity index is 1.84. The summed E-state index contributed by atoms with van der Waals surface area (Å²) < 4.78 is 1.65. The minimum absolute atomic E-state index is 0.210. The maximum atomic E-state index is 11.7. The predicted octanol–water partition coefficient (Wildman–Crippen LogP) is 2.63. The fourth-order valence-corrected chi connectivity index (χ4v) is 2.58. The van der Waals surface area contributed by atoms with Gasteiger partial charge in [0.1, 0.15) is 5.82 Å². The van der Waals surface area contributed by atoms with Gasteiger partial charge in [0.2, 0.25) is 5.95 Å². The molecule has 4 N–H and O–H groups in total. The molecule has 0 spiro atoms. The van der Waals surface area contributed by atoms with E-state index in [1.165, 1.54) is 6.20 Å². The molecule has 0 aliphatic rings. The highest BCUT2D eigenvalue weighted by Crippen LogP contribution is 2.20. The molecule has 0 aliphatic carbocycles. The molecule has 0 saturated carbocycles. The van der Waals surface area contributed by atoms with Gasteiger partial charge in [-0.25, -0.2) is 4.98 Å². The third-order valence-corrected chi connectivity index (χ3v) is 4.01. The first kappa shape index (κ1) is 17.7. The molecule has 3 rings (SSSR count). The smallest absolute Gasteiger partial charge is 0.254 e. The van der Waals surface area contributed by atoms with Gasteiger partial charge in [-0.3, -0.25) is 9.48 Å². The molecule has 0 atom stereocenters.